The van der Waals surface area contributed by atoms with E-state index in [9.17, 15) is 8.42 Å². The molecule has 2 rings (SSSR count). The third-order valence-corrected chi connectivity index (χ3v) is 5.47. The maximum absolute atomic E-state index is 12.8. The van der Waals surface area contributed by atoms with Crippen LogP contribution in [0.3, 0.4) is 0 Å². The van der Waals surface area contributed by atoms with Gasteiger partial charge >= 0.3 is 0 Å². The lowest BCUT2D eigenvalue weighted by Crippen LogP contribution is -2.27. The molecule has 23 heavy (non-hydrogen) atoms. The Morgan fingerprint density at radius 3 is 2.22 bits per heavy atom. The molecule has 7 heteroatoms. The van der Waals surface area contributed by atoms with Crippen LogP contribution in [-0.4, -0.2) is 39.0 Å². The normalized spacial score (nSPS) is 11.5. The summed E-state index contributed by atoms with van der Waals surface area (Å²) in [6, 6.07) is 6.72. The molecule has 124 valence electrons. The number of nitrogens with zero attached hydrogens (tertiary/aromatic N) is 2. The smallest absolute Gasteiger partial charge is 0.243 e. The van der Waals surface area contributed by atoms with E-state index in [0.29, 0.717) is 17.1 Å². The first kappa shape index (κ1) is 17.2. The Balaban J connectivity index is 2.39. The first-order valence-electron chi connectivity index (χ1n) is 6.98. The Morgan fingerprint density at radius 2 is 1.65 bits per heavy atom. The van der Waals surface area contributed by atoms with Gasteiger partial charge in [0.25, 0.3) is 0 Å². The summed E-state index contributed by atoms with van der Waals surface area (Å²) in [5, 5.41) is 0. The number of hydrogen-bond donors (Lipinski definition) is 0. The Bertz CT molecular complexity index is 776. The van der Waals surface area contributed by atoms with Gasteiger partial charge in [-0.3, -0.25) is 4.98 Å². The quantitative estimate of drug-likeness (QED) is 0.809. The highest BCUT2D eigenvalue weighted by Crippen LogP contribution is 2.33. The maximum Gasteiger partial charge on any atom is 0.243 e. The molecule has 0 amide bonds. The molecule has 6 nitrogen and oxygen atoms in total. The predicted molar refractivity (Wildman–Crippen MR) is 87.2 cm³/mol. The van der Waals surface area contributed by atoms with Crippen LogP contribution in [0.2, 0.25) is 0 Å². The van der Waals surface area contributed by atoms with E-state index in [1.807, 2.05) is 0 Å². The van der Waals surface area contributed by atoms with Crippen LogP contribution < -0.4 is 9.47 Å². The van der Waals surface area contributed by atoms with Gasteiger partial charge < -0.3 is 9.47 Å². The Kier molecular flexibility index (Phi) is 5.23. The van der Waals surface area contributed by atoms with Gasteiger partial charge in [-0.25, -0.2) is 8.42 Å². The fourth-order valence-corrected chi connectivity index (χ4v) is 3.61. The molecule has 0 radical (unpaired) electrons. The summed E-state index contributed by atoms with van der Waals surface area (Å²) in [5.41, 5.74) is 1.47. The minimum Gasteiger partial charge on any atom is -0.493 e. The minimum atomic E-state index is -3.65. The number of aryl methyl sites for hydroxylation is 1. The van der Waals surface area contributed by atoms with E-state index in [1.54, 1.807) is 44.6 Å². The summed E-state index contributed by atoms with van der Waals surface area (Å²) in [6.45, 7) is 1.99. The van der Waals surface area contributed by atoms with E-state index < -0.39 is 10.0 Å². The second-order valence-electron chi connectivity index (χ2n) is 5.09. The van der Waals surface area contributed by atoms with Crippen LogP contribution in [0.15, 0.2) is 41.6 Å². The third-order valence-electron chi connectivity index (χ3n) is 3.52. The zero-order chi connectivity index (χ0) is 17.0. The number of ether oxygens (including phenoxy) is 2. The molecule has 0 unspecified atom stereocenters. The van der Waals surface area contributed by atoms with Crippen molar-refractivity contribution < 1.29 is 17.9 Å². The number of pyridine rings is 1. The Labute approximate surface area is 136 Å². The van der Waals surface area contributed by atoms with Gasteiger partial charge in [0.15, 0.2) is 11.5 Å². The number of aromatic nitrogens is 1. The molecule has 0 N–H and O–H groups in total. The number of sulfonamides is 1. The average molecular weight is 336 g/mol. The molecule has 0 saturated heterocycles. The molecule has 1 aromatic heterocycles. The van der Waals surface area contributed by atoms with Gasteiger partial charge in [-0.05, 0) is 36.2 Å². The number of methoxy groups -OCH3 is 2. The summed E-state index contributed by atoms with van der Waals surface area (Å²) in [4.78, 5) is 4.13. The molecular weight excluding hydrogens is 316 g/mol. The monoisotopic (exact) mass is 336 g/mol. The molecule has 1 heterocycles. The standard InChI is InChI=1S/C16H20N2O4S/c1-12-9-14(21-3)15(22-4)10-16(12)23(19,20)18(2)11-13-5-7-17-8-6-13/h5-10H,11H2,1-4H3. The third kappa shape index (κ3) is 3.62. The van der Waals surface area contributed by atoms with Crippen LogP contribution in [0.25, 0.3) is 0 Å². The Morgan fingerprint density at radius 1 is 1.09 bits per heavy atom. The van der Waals surface area contributed by atoms with Crippen molar-refractivity contribution in [2.24, 2.45) is 0 Å². The van der Waals surface area contributed by atoms with Crippen LogP contribution >= 0.6 is 0 Å². The lowest BCUT2D eigenvalue weighted by Gasteiger charge is -2.20. The van der Waals surface area contributed by atoms with Crippen LogP contribution in [0.1, 0.15) is 11.1 Å². The molecule has 0 aliphatic heterocycles. The van der Waals surface area contributed by atoms with E-state index in [1.165, 1.54) is 24.6 Å². The summed E-state index contributed by atoms with van der Waals surface area (Å²) < 4.78 is 37.4. The van der Waals surface area contributed by atoms with Gasteiger partial charge in [-0.15, -0.1) is 0 Å². The van der Waals surface area contributed by atoms with Crippen molar-refractivity contribution in [3.05, 3.63) is 47.8 Å². The van der Waals surface area contributed by atoms with E-state index in [2.05, 4.69) is 4.98 Å². The maximum atomic E-state index is 12.8. The molecular formula is C16H20N2O4S. The summed E-state index contributed by atoms with van der Waals surface area (Å²) >= 11 is 0. The molecule has 0 spiro atoms. The lowest BCUT2D eigenvalue weighted by molar-refractivity contribution is 0.353. The Hall–Kier alpha value is -2.12. The lowest BCUT2D eigenvalue weighted by atomic mass is 10.2. The van der Waals surface area contributed by atoms with Crippen LogP contribution in [0, 0.1) is 6.92 Å². The zero-order valence-electron chi connectivity index (χ0n) is 13.6. The van der Waals surface area contributed by atoms with E-state index in [-0.39, 0.29) is 11.4 Å². The van der Waals surface area contributed by atoms with Crippen molar-refractivity contribution in [3.63, 3.8) is 0 Å². The molecule has 0 aliphatic carbocycles. The molecule has 0 bridgehead atoms. The molecule has 0 saturated carbocycles. The van der Waals surface area contributed by atoms with Crippen molar-refractivity contribution in [2.45, 2.75) is 18.4 Å². The van der Waals surface area contributed by atoms with E-state index in [4.69, 9.17) is 9.47 Å². The predicted octanol–water partition coefficient (Wildman–Crippen LogP) is 2.23. The van der Waals surface area contributed by atoms with E-state index in [0.717, 1.165) is 5.56 Å². The van der Waals surface area contributed by atoms with Gasteiger partial charge in [0.2, 0.25) is 10.0 Å². The van der Waals surface area contributed by atoms with Crippen LogP contribution in [0.5, 0.6) is 11.5 Å². The van der Waals surface area contributed by atoms with Crippen molar-refractivity contribution in [2.75, 3.05) is 21.3 Å². The summed E-state index contributed by atoms with van der Waals surface area (Å²) in [7, 11) is 0.891. The van der Waals surface area contributed by atoms with Crippen LogP contribution in [0.4, 0.5) is 0 Å². The van der Waals surface area contributed by atoms with Gasteiger partial charge in [0.05, 0.1) is 19.1 Å². The van der Waals surface area contributed by atoms with E-state index >= 15 is 0 Å². The number of rotatable bonds is 6. The first-order valence-corrected chi connectivity index (χ1v) is 8.42. The average Bonchev–Trinajstić information content (AvgIpc) is 2.55. The first-order chi connectivity index (χ1) is 10.9. The number of benzene rings is 1. The highest BCUT2D eigenvalue weighted by Gasteiger charge is 2.25. The highest BCUT2D eigenvalue weighted by atomic mass is 32.2. The van der Waals surface area contributed by atoms with Crippen molar-refractivity contribution in [1.29, 1.82) is 0 Å². The fourth-order valence-electron chi connectivity index (χ4n) is 2.24. The zero-order valence-corrected chi connectivity index (χ0v) is 14.4. The van der Waals surface area contributed by atoms with Crippen molar-refractivity contribution in [3.8, 4) is 11.5 Å². The summed E-state index contributed by atoms with van der Waals surface area (Å²) in [5.74, 6) is 0.884. The van der Waals surface area contributed by atoms with Gasteiger partial charge in [-0.1, -0.05) is 0 Å². The van der Waals surface area contributed by atoms with Crippen molar-refractivity contribution >= 4 is 10.0 Å². The van der Waals surface area contributed by atoms with Crippen LogP contribution in [-0.2, 0) is 16.6 Å². The molecule has 0 atom stereocenters. The number of hydrogen-bond acceptors (Lipinski definition) is 5. The molecule has 0 aliphatic rings. The fraction of sp³-hybridized carbons (Fsp3) is 0.312. The molecule has 1 aromatic carbocycles. The minimum absolute atomic E-state index is 0.201. The summed E-state index contributed by atoms with van der Waals surface area (Å²) in [6.07, 6.45) is 3.27. The second-order valence-corrected chi connectivity index (χ2v) is 7.10. The van der Waals surface area contributed by atoms with Gasteiger partial charge in [0.1, 0.15) is 0 Å². The topological polar surface area (TPSA) is 68.7 Å². The molecule has 0 fully saturated rings. The largest absolute Gasteiger partial charge is 0.493 e. The second kappa shape index (κ2) is 6.97. The van der Waals surface area contributed by atoms with Gasteiger partial charge in [0, 0.05) is 32.1 Å². The van der Waals surface area contributed by atoms with Gasteiger partial charge in [-0.2, -0.15) is 4.31 Å². The van der Waals surface area contributed by atoms with Crippen molar-refractivity contribution in [1.82, 2.24) is 9.29 Å². The molecule has 2 aromatic rings. The SMILES string of the molecule is COc1cc(C)c(S(=O)(=O)N(C)Cc2ccncc2)cc1OC. The highest BCUT2D eigenvalue weighted by molar-refractivity contribution is 7.89.